The minimum absolute atomic E-state index is 0.473. The van der Waals surface area contributed by atoms with Crippen molar-refractivity contribution in [3.8, 4) is 0 Å². The Balaban J connectivity index is 1.48. The summed E-state index contributed by atoms with van der Waals surface area (Å²) in [5.74, 6) is 1.83. The van der Waals surface area contributed by atoms with Crippen LogP contribution in [0.1, 0.15) is 29.2 Å². The lowest BCUT2D eigenvalue weighted by Crippen LogP contribution is -2.37. The molecule has 1 atom stereocenters. The van der Waals surface area contributed by atoms with E-state index in [-0.39, 0.29) is 0 Å². The number of fused-ring (bicyclic) bond motifs is 3. The molecular weight excluding hydrogens is 328 g/mol. The number of hydrogen-bond acceptors (Lipinski definition) is 4. The van der Waals surface area contributed by atoms with Crippen LogP contribution in [-0.4, -0.2) is 30.4 Å². The standard InChI is InChI=1S/C20H22N4S/c21-20(19-2-1-9-25-19)23-14-3-4-18-15(10-14)16(11-22-18)17-12-24-7-5-13(17)6-8-24/h1-4,9-10,12-13,16,22H,5-8,11H2,(H2,21,23). The summed E-state index contributed by atoms with van der Waals surface area (Å²) in [4.78, 5) is 8.17. The van der Waals surface area contributed by atoms with Gasteiger partial charge in [0.25, 0.3) is 0 Å². The minimum atomic E-state index is 0.473. The fraction of sp³-hybridized carbons (Fsp3) is 0.350. The number of rotatable bonds is 3. The first-order chi connectivity index (χ1) is 12.3. The molecule has 4 nitrogen and oxygen atoms in total. The molecule has 0 saturated carbocycles. The first-order valence-corrected chi connectivity index (χ1v) is 9.87. The maximum atomic E-state index is 6.17. The van der Waals surface area contributed by atoms with E-state index in [2.05, 4.69) is 39.6 Å². The summed E-state index contributed by atoms with van der Waals surface area (Å²) in [6.07, 6.45) is 5.04. The molecule has 5 heteroatoms. The summed E-state index contributed by atoms with van der Waals surface area (Å²) in [5, 5.41) is 5.61. The van der Waals surface area contributed by atoms with E-state index < -0.39 is 0 Å². The monoisotopic (exact) mass is 350 g/mol. The van der Waals surface area contributed by atoms with Crippen molar-refractivity contribution in [1.82, 2.24) is 4.90 Å². The van der Waals surface area contributed by atoms with Gasteiger partial charge >= 0.3 is 0 Å². The highest BCUT2D eigenvalue weighted by molar-refractivity contribution is 7.12. The molecule has 3 N–H and O–H groups in total. The number of piperidine rings is 1. The van der Waals surface area contributed by atoms with Crippen LogP contribution in [0.5, 0.6) is 0 Å². The summed E-state index contributed by atoms with van der Waals surface area (Å²) in [6, 6.07) is 10.4. The molecule has 1 unspecified atom stereocenters. The number of hydrogen-bond donors (Lipinski definition) is 2. The zero-order chi connectivity index (χ0) is 16.8. The van der Waals surface area contributed by atoms with Crippen LogP contribution in [0.25, 0.3) is 0 Å². The van der Waals surface area contributed by atoms with Crippen molar-refractivity contribution in [2.75, 3.05) is 25.0 Å². The van der Waals surface area contributed by atoms with E-state index in [1.807, 2.05) is 17.5 Å². The van der Waals surface area contributed by atoms with Crippen LogP contribution in [0.3, 0.4) is 0 Å². The summed E-state index contributed by atoms with van der Waals surface area (Å²) in [5.41, 5.74) is 11.3. The van der Waals surface area contributed by atoms with Crippen LogP contribution in [0.2, 0.25) is 0 Å². The van der Waals surface area contributed by atoms with E-state index in [9.17, 15) is 0 Å². The highest BCUT2D eigenvalue weighted by Gasteiger charge is 2.35. The highest BCUT2D eigenvalue weighted by atomic mass is 32.1. The summed E-state index contributed by atoms with van der Waals surface area (Å²) in [7, 11) is 0. The number of aliphatic imine (C=N–C) groups is 1. The molecule has 128 valence electrons. The van der Waals surface area contributed by atoms with Crippen molar-refractivity contribution in [2.24, 2.45) is 16.6 Å². The zero-order valence-electron chi connectivity index (χ0n) is 14.1. The predicted molar refractivity (Wildman–Crippen MR) is 105 cm³/mol. The van der Waals surface area contributed by atoms with Crippen molar-refractivity contribution < 1.29 is 0 Å². The molecule has 0 spiro atoms. The molecule has 4 aliphatic rings. The van der Waals surface area contributed by atoms with Crippen molar-refractivity contribution in [2.45, 2.75) is 18.8 Å². The lowest BCUT2D eigenvalue weighted by atomic mass is 9.77. The van der Waals surface area contributed by atoms with Crippen LogP contribution >= 0.6 is 11.3 Å². The largest absolute Gasteiger partial charge is 0.384 e. The van der Waals surface area contributed by atoms with Gasteiger partial charge in [0.05, 0.1) is 10.6 Å². The summed E-state index contributed by atoms with van der Waals surface area (Å²) < 4.78 is 0. The van der Waals surface area contributed by atoms with Gasteiger partial charge in [-0.15, -0.1) is 11.3 Å². The van der Waals surface area contributed by atoms with Gasteiger partial charge in [-0.1, -0.05) is 6.07 Å². The number of anilines is 1. The zero-order valence-corrected chi connectivity index (χ0v) is 14.9. The minimum Gasteiger partial charge on any atom is -0.384 e. The second-order valence-electron chi connectivity index (χ2n) is 7.12. The van der Waals surface area contributed by atoms with Gasteiger partial charge < -0.3 is 16.0 Å². The fourth-order valence-electron chi connectivity index (χ4n) is 4.36. The number of nitrogens with one attached hydrogen (secondary N) is 1. The average molecular weight is 350 g/mol. The van der Waals surface area contributed by atoms with E-state index in [1.165, 1.54) is 37.2 Å². The predicted octanol–water partition coefficient (Wildman–Crippen LogP) is 3.90. The van der Waals surface area contributed by atoms with Gasteiger partial charge in [-0.25, -0.2) is 4.99 Å². The van der Waals surface area contributed by atoms with E-state index in [0.717, 1.165) is 23.0 Å². The van der Waals surface area contributed by atoms with E-state index in [0.29, 0.717) is 11.8 Å². The van der Waals surface area contributed by atoms with Crippen molar-refractivity contribution in [1.29, 1.82) is 0 Å². The van der Waals surface area contributed by atoms with Gasteiger partial charge in [0, 0.05) is 31.2 Å². The normalized spacial score (nSPS) is 22.7. The second kappa shape index (κ2) is 5.92. The smallest absolute Gasteiger partial charge is 0.141 e. The Labute approximate surface area is 152 Å². The van der Waals surface area contributed by atoms with Gasteiger partial charge in [0.15, 0.2) is 0 Å². The van der Waals surface area contributed by atoms with Crippen LogP contribution in [0.15, 0.2) is 52.5 Å². The van der Waals surface area contributed by atoms with E-state index >= 15 is 0 Å². The van der Waals surface area contributed by atoms with Gasteiger partial charge in [-0.2, -0.15) is 0 Å². The third-order valence-corrected chi connectivity index (χ3v) is 6.56. The van der Waals surface area contributed by atoms with Crippen LogP contribution < -0.4 is 11.1 Å². The molecular formula is C20H22N4S. The number of amidine groups is 1. The van der Waals surface area contributed by atoms with Crippen molar-refractivity contribution in [3.05, 3.63) is 57.9 Å². The van der Waals surface area contributed by atoms with Gasteiger partial charge in [0.2, 0.25) is 0 Å². The molecule has 4 aliphatic heterocycles. The molecule has 1 fully saturated rings. The topological polar surface area (TPSA) is 53.6 Å². The first kappa shape index (κ1) is 15.0. The Morgan fingerprint density at radius 1 is 1.24 bits per heavy atom. The Hall–Kier alpha value is -2.27. The molecule has 1 aromatic carbocycles. The maximum absolute atomic E-state index is 6.17. The Morgan fingerprint density at radius 2 is 2.12 bits per heavy atom. The molecule has 6 rings (SSSR count). The molecule has 2 bridgehead atoms. The fourth-order valence-corrected chi connectivity index (χ4v) is 4.99. The number of nitrogens with zero attached hydrogens (tertiary/aromatic N) is 2. The first-order valence-electron chi connectivity index (χ1n) is 8.99. The third-order valence-electron chi connectivity index (χ3n) is 5.67. The van der Waals surface area contributed by atoms with E-state index in [4.69, 9.17) is 5.73 Å². The highest BCUT2D eigenvalue weighted by Crippen LogP contribution is 2.45. The van der Waals surface area contributed by atoms with Crippen LogP contribution in [0, 0.1) is 5.92 Å². The average Bonchev–Trinajstić information content (AvgIpc) is 3.32. The van der Waals surface area contributed by atoms with Gasteiger partial charge in [-0.3, -0.25) is 0 Å². The molecule has 0 aliphatic carbocycles. The van der Waals surface area contributed by atoms with Crippen molar-refractivity contribution in [3.63, 3.8) is 0 Å². The lowest BCUT2D eigenvalue weighted by molar-refractivity contribution is 0.223. The van der Waals surface area contributed by atoms with E-state index in [1.54, 1.807) is 16.9 Å². The molecule has 2 aromatic rings. The van der Waals surface area contributed by atoms with Gasteiger partial charge in [0.1, 0.15) is 5.84 Å². The Kier molecular flexibility index (Phi) is 3.55. The number of thiophene rings is 1. The molecule has 1 aromatic heterocycles. The number of benzene rings is 1. The lowest BCUT2D eigenvalue weighted by Gasteiger charge is -2.41. The van der Waals surface area contributed by atoms with Crippen molar-refractivity contribution >= 4 is 28.5 Å². The molecule has 0 radical (unpaired) electrons. The number of nitrogens with two attached hydrogens (primary N) is 1. The molecule has 5 heterocycles. The summed E-state index contributed by atoms with van der Waals surface area (Å²) >= 11 is 1.62. The molecule has 0 amide bonds. The SMILES string of the molecule is NC(=Nc1ccc2c(c1)C(C1=CN3CCC1CC3)CN2)c1cccs1. The molecule has 25 heavy (non-hydrogen) atoms. The third kappa shape index (κ3) is 2.63. The Morgan fingerprint density at radius 3 is 2.84 bits per heavy atom. The molecule has 1 saturated heterocycles. The van der Waals surface area contributed by atoms with Gasteiger partial charge in [-0.05, 0) is 65.7 Å². The van der Waals surface area contributed by atoms with Crippen LogP contribution in [-0.2, 0) is 0 Å². The summed E-state index contributed by atoms with van der Waals surface area (Å²) in [6.45, 7) is 3.45. The maximum Gasteiger partial charge on any atom is 0.141 e. The Bertz CT molecular complexity index is 845. The quantitative estimate of drug-likeness (QED) is 0.652. The van der Waals surface area contributed by atoms with Crippen LogP contribution in [0.4, 0.5) is 11.4 Å². The second-order valence-corrected chi connectivity index (χ2v) is 8.07.